The number of fused-ring (bicyclic) bond motifs is 3. The molecule has 0 heterocycles. The zero-order valence-electron chi connectivity index (χ0n) is 14.4. The quantitative estimate of drug-likeness (QED) is 0.515. The molecular weight excluding hydrogens is 276 g/mol. The first-order chi connectivity index (χ1) is 10.2. The molecule has 3 nitrogen and oxygen atoms in total. The lowest BCUT2D eigenvalue weighted by Gasteiger charge is -2.56. The van der Waals surface area contributed by atoms with Gasteiger partial charge in [-0.3, -0.25) is 0 Å². The SMILES string of the molecule is CC(O)[C@@]1(C)CC[C@H]2[C@@H]([C@H](C)C=C3CC(O)(O)CC[C@@H]32)[C@@H]1C. The van der Waals surface area contributed by atoms with Crippen LogP contribution in [0.2, 0.25) is 0 Å². The van der Waals surface area contributed by atoms with Crippen molar-refractivity contribution in [2.24, 2.45) is 35.0 Å². The van der Waals surface area contributed by atoms with Gasteiger partial charge in [-0.25, -0.2) is 0 Å². The van der Waals surface area contributed by atoms with Crippen molar-refractivity contribution >= 4 is 0 Å². The number of aliphatic hydroxyl groups excluding tert-OH is 1. The first-order valence-electron chi connectivity index (χ1n) is 8.99. The van der Waals surface area contributed by atoms with Gasteiger partial charge in [-0.15, -0.1) is 0 Å². The molecule has 0 bridgehead atoms. The van der Waals surface area contributed by atoms with Crippen molar-refractivity contribution in [3.8, 4) is 0 Å². The third kappa shape index (κ3) is 2.46. The van der Waals surface area contributed by atoms with E-state index < -0.39 is 5.79 Å². The fourth-order valence-electron chi connectivity index (χ4n) is 5.85. The summed E-state index contributed by atoms with van der Waals surface area (Å²) >= 11 is 0. The Morgan fingerprint density at radius 3 is 2.50 bits per heavy atom. The van der Waals surface area contributed by atoms with Gasteiger partial charge in [-0.2, -0.15) is 0 Å². The van der Waals surface area contributed by atoms with Gasteiger partial charge in [-0.05, 0) is 61.2 Å². The van der Waals surface area contributed by atoms with E-state index in [1.54, 1.807) is 0 Å². The van der Waals surface area contributed by atoms with Gasteiger partial charge < -0.3 is 15.3 Å². The van der Waals surface area contributed by atoms with Crippen LogP contribution in [-0.2, 0) is 0 Å². The summed E-state index contributed by atoms with van der Waals surface area (Å²) in [7, 11) is 0. The summed E-state index contributed by atoms with van der Waals surface area (Å²) in [6, 6.07) is 0. The van der Waals surface area contributed by atoms with E-state index in [0.717, 1.165) is 19.3 Å². The third-order valence-electron chi connectivity index (χ3n) is 7.50. The molecule has 2 saturated carbocycles. The van der Waals surface area contributed by atoms with Gasteiger partial charge in [0.2, 0.25) is 0 Å². The molecule has 22 heavy (non-hydrogen) atoms. The predicted octanol–water partition coefficient (Wildman–Crippen LogP) is 3.09. The molecule has 7 atom stereocenters. The van der Waals surface area contributed by atoms with Crippen LogP contribution in [0.25, 0.3) is 0 Å². The Balaban J connectivity index is 1.91. The van der Waals surface area contributed by atoms with E-state index in [1.807, 2.05) is 6.92 Å². The maximum Gasteiger partial charge on any atom is 0.166 e. The molecule has 3 rings (SSSR count). The van der Waals surface area contributed by atoms with Gasteiger partial charge in [0.1, 0.15) is 0 Å². The second-order valence-corrected chi connectivity index (χ2v) is 8.66. The van der Waals surface area contributed by atoms with Crippen molar-refractivity contribution in [3.63, 3.8) is 0 Å². The van der Waals surface area contributed by atoms with Crippen LogP contribution in [0.4, 0.5) is 0 Å². The maximum absolute atomic E-state index is 10.3. The van der Waals surface area contributed by atoms with Crippen molar-refractivity contribution in [1.29, 1.82) is 0 Å². The van der Waals surface area contributed by atoms with Gasteiger partial charge in [0.25, 0.3) is 0 Å². The first-order valence-corrected chi connectivity index (χ1v) is 8.99. The summed E-state index contributed by atoms with van der Waals surface area (Å²) in [5.41, 5.74) is 1.28. The highest BCUT2D eigenvalue weighted by atomic mass is 16.5. The summed E-state index contributed by atoms with van der Waals surface area (Å²) in [5, 5.41) is 30.3. The molecule has 3 heteroatoms. The summed E-state index contributed by atoms with van der Waals surface area (Å²) in [6.45, 7) is 8.79. The van der Waals surface area contributed by atoms with Crippen LogP contribution >= 0.6 is 0 Å². The lowest BCUT2D eigenvalue weighted by Crippen LogP contribution is -2.52. The van der Waals surface area contributed by atoms with Crippen LogP contribution in [0.3, 0.4) is 0 Å². The number of hydrogen-bond donors (Lipinski definition) is 3. The molecule has 0 aromatic rings. The molecule has 0 saturated heterocycles. The van der Waals surface area contributed by atoms with Crippen molar-refractivity contribution in [1.82, 2.24) is 0 Å². The van der Waals surface area contributed by atoms with Crippen LogP contribution in [0.1, 0.15) is 59.8 Å². The summed E-state index contributed by atoms with van der Waals surface area (Å²) < 4.78 is 0. The fraction of sp³-hybridized carbons (Fsp3) is 0.895. The molecular formula is C19H32O3. The van der Waals surface area contributed by atoms with Gasteiger partial charge in [0, 0.05) is 12.8 Å². The van der Waals surface area contributed by atoms with Gasteiger partial charge >= 0.3 is 0 Å². The van der Waals surface area contributed by atoms with Crippen molar-refractivity contribution in [2.45, 2.75) is 71.7 Å². The number of rotatable bonds is 1. The molecule has 1 unspecified atom stereocenters. The Labute approximate surface area is 134 Å². The lowest BCUT2D eigenvalue weighted by atomic mass is 9.49. The van der Waals surface area contributed by atoms with Gasteiger partial charge in [0.15, 0.2) is 5.79 Å². The Morgan fingerprint density at radius 2 is 1.86 bits per heavy atom. The molecule has 0 amide bonds. The predicted molar refractivity (Wildman–Crippen MR) is 86.9 cm³/mol. The molecule has 0 aliphatic heterocycles. The highest BCUT2D eigenvalue weighted by Crippen LogP contribution is 2.58. The van der Waals surface area contributed by atoms with Gasteiger partial charge in [-0.1, -0.05) is 32.4 Å². The topological polar surface area (TPSA) is 60.7 Å². The Morgan fingerprint density at radius 1 is 1.18 bits per heavy atom. The molecule has 0 spiro atoms. The van der Waals surface area contributed by atoms with Crippen molar-refractivity contribution < 1.29 is 15.3 Å². The average Bonchev–Trinajstić information content (AvgIpc) is 2.40. The molecule has 3 N–H and O–H groups in total. The summed E-state index contributed by atoms with van der Waals surface area (Å²) in [4.78, 5) is 0. The average molecular weight is 308 g/mol. The fourth-order valence-corrected chi connectivity index (χ4v) is 5.85. The van der Waals surface area contributed by atoms with Crippen molar-refractivity contribution in [3.05, 3.63) is 11.6 Å². The van der Waals surface area contributed by atoms with Crippen molar-refractivity contribution in [2.75, 3.05) is 0 Å². The molecule has 0 aromatic carbocycles. The number of aliphatic hydroxyl groups is 3. The molecule has 0 radical (unpaired) electrons. The smallest absolute Gasteiger partial charge is 0.166 e. The van der Waals surface area contributed by atoms with Gasteiger partial charge in [0.05, 0.1) is 6.10 Å². The molecule has 2 fully saturated rings. The van der Waals surface area contributed by atoms with E-state index in [2.05, 4.69) is 26.8 Å². The van der Waals surface area contributed by atoms with Crippen LogP contribution < -0.4 is 0 Å². The summed E-state index contributed by atoms with van der Waals surface area (Å²) in [6.07, 6.45) is 6.10. The Hall–Kier alpha value is -0.380. The standard InChI is InChI=1S/C19H32O3/c1-11-9-14-10-19(21,22)8-6-15(14)16-5-7-18(4,13(3)20)12(2)17(11)16/h9,11-13,15-17,20-22H,5-8,10H2,1-4H3/t11-,12+,13?,15+,16-,17+,18+/m1/s1. The molecule has 3 aliphatic rings. The lowest BCUT2D eigenvalue weighted by molar-refractivity contribution is -0.181. The Kier molecular flexibility index (Phi) is 3.99. The van der Waals surface area contributed by atoms with Crippen LogP contribution in [0.5, 0.6) is 0 Å². The third-order valence-corrected chi connectivity index (χ3v) is 7.50. The Bertz CT molecular complexity index is 467. The van der Waals surface area contributed by atoms with E-state index in [4.69, 9.17) is 0 Å². The zero-order valence-corrected chi connectivity index (χ0v) is 14.4. The number of allylic oxidation sites excluding steroid dienone is 1. The van der Waals surface area contributed by atoms with Crippen LogP contribution in [0.15, 0.2) is 11.6 Å². The maximum atomic E-state index is 10.3. The largest absolute Gasteiger partial charge is 0.393 e. The van der Waals surface area contributed by atoms with Crippen LogP contribution in [-0.4, -0.2) is 27.2 Å². The van der Waals surface area contributed by atoms with E-state index >= 15 is 0 Å². The van der Waals surface area contributed by atoms with Crippen LogP contribution in [0, 0.1) is 35.0 Å². The molecule has 126 valence electrons. The molecule has 0 aromatic heterocycles. The second-order valence-electron chi connectivity index (χ2n) is 8.66. The number of hydrogen-bond acceptors (Lipinski definition) is 3. The summed E-state index contributed by atoms with van der Waals surface area (Å²) in [5.74, 6) is 1.23. The highest BCUT2D eigenvalue weighted by Gasteiger charge is 2.53. The first kappa shape index (κ1) is 16.5. The normalized spacial score (nSPS) is 48.9. The van der Waals surface area contributed by atoms with E-state index in [0.29, 0.717) is 42.4 Å². The van der Waals surface area contributed by atoms with E-state index in [9.17, 15) is 15.3 Å². The zero-order chi connectivity index (χ0) is 16.3. The minimum absolute atomic E-state index is 0.00710. The monoisotopic (exact) mass is 308 g/mol. The second kappa shape index (κ2) is 5.32. The molecule has 3 aliphatic carbocycles. The minimum Gasteiger partial charge on any atom is -0.393 e. The van der Waals surface area contributed by atoms with E-state index in [1.165, 1.54) is 5.57 Å². The van der Waals surface area contributed by atoms with E-state index in [-0.39, 0.29) is 11.5 Å². The highest BCUT2D eigenvalue weighted by molar-refractivity contribution is 5.21. The minimum atomic E-state index is -1.50.